The molecule has 4 rings (SSSR count). The van der Waals surface area contributed by atoms with E-state index >= 15 is 0 Å². The van der Waals surface area contributed by atoms with Crippen molar-refractivity contribution < 1.29 is 13.9 Å². The van der Waals surface area contributed by atoms with Crippen LogP contribution in [-0.4, -0.2) is 18.8 Å². The molecular weight excluding hydrogens is 306 g/mol. The first-order valence-corrected chi connectivity index (χ1v) is 7.78. The van der Waals surface area contributed by atoms with Gasteiger partial charge in [0.1, 0.15) is 22.7 Å². The predicted molar refractivity (Wildman–Crippen MR) is 94.3 cm³/mol. The first-order valence-electron chi connectivity index (χ1n) is 7.78. The molecule has 0 fully saturated rings. The molecule has 0 unspecified atom stereocenters. The van der Waals surface area contributed by atoms with Gasteiger partial charge in [-0.25, -0.2) is 0 Å². The summed E-state index contributed by atoms with van der Waals surface area (Å²) in [5.41, 5.74) is 2.01. The average molecular weight is 323 g/mol. The van der Waals surface area contributed by atoms with E-state index in [2.05, 4.69) is 0 Å². The van der Waals surface area contributed by atoms with Gasteiger partial charge in [-0.1, -0.05) is 0 Å². The molecule has 24 heavy (non-hydrogen) atoms. The smallest absolute Gasteiger partial charge is 0.262 e. The Morgan fingerprint density at radius 2 is 1.71 bits per heavy atom. The van der Waals surface area contributed by atoms with Gasteiger partial charge >= 0.3 is 0 Å². The van der Waals surface area contributed by atoms with E-state index in [1.165, 1.54) is 0 Å². The average Bonchev–Trinajstić information content (AvgIpc) is 3.00. The molecule has 0 bridgehead atoms. The van der Waals surface area contributed by atoms with Crippen LogP contribution < -0.4 is 15.0 Å². The van der Waals surface area contributed by atoms with E-state index in [1.54, 1.807) is 18.8 Å². The van der Waals surface area contributed by atoms with Crippen LogP contribution in [0.1, 0.15) is 6.92 Å². The van der Waals surface area contributed by atoms with Gasteiger partial charge in [0.05, 0.1) is 25.1 Å². The summed E-state index contributed by atoms with van der Waals surface area (Å²) in [5.74, 6) is 1.41. The van der Waals surface area contributed by atoms with Gasteiger partial charge in [-0.3, -0.25) is 4.79 Å². The second-order valence-electron chi connectivity index (χ2n) is 5.60. The highest BCUT2D eigenvalue weighted by atomic mass is 16.5. The molecule has 5 nitrogen and oxygen atoms in total. The molecule has 0 amide bonds. The molecule has 0 atom stereocenters. The molecular formula is C19H17NO4. The number of benzene rings is 2. The number of rotatable bonds is 3. The molecule has 0 saturated carbocycles. The molecule has 122 valence electrons. The molecule has 5 heteroatoms. The van der Waals surface area contributed by atoms with E-state index in [4.69, 9.17) is 13.9 Å². The molecule has 4 aromatic rings. The second-order valence-corrected chi connectivity index (χ2v) is 5.60. The lowest BCUT2D eigenvalue weighted by molar-refractivity contribution is 0.415. The summed E-state index contributed by atoms with van der Waals surface area (Å²) >= 11 is 0. The lowest BCUT2D eigenvalue weighted by Crippen LogP contribution is -2.19. The van der Waals surface area contributed by atoms with Crippen molar-refractivity contribution in [2.75, 3.05) is 14.2 Å². The topological polar surface area (TPSA) is 53.6 Å². The van der Waals surface area contributed by atoms with Gasteiger partial charge in [-0.2, -0.15) is 0 Å². The standard InChI is InChI=1S/C19H17NO4/c1-4-20-15-10-12(23-3)5-7-13(15)18-17(19(20)21)14-9-11(22-2)6-8-16(14)24-18/h5-10H,4H2,1-3H3. The minimum atomic E-state index is -0.0692. The van der Waals surface area contributed by atoms with Crippen molar-refractivity contribution in [2.24, 2.45) is 0 Å². The molecule has 0 saturated heterocycles. The highest BCUT2D eigenvalue weighted by Gasteiger charge is 2.18. The summed E-state index contributed by atoms with van der Waals surface area (Å²) in [4.78, 5) is 13.1. The highest BCUT2D eigenvalue weighted by Crippen LogP contribution is 2.34. The molecule has 0 radical (unpaired) electrons. The Hall–Kier alpha value is -2.95. The molecule has 2 heterocycles. The van der Waals surface area contributed by atoms with Crippen molar-refractivity contribution in [1.82, 2.24) is 4.57 Å². The number of hydrogen-bond acceptors (Lipinski definition) is 4. The summed E-state index contributed by atoms with van der Waals surface area (Å²) < 4.78 is 18.3. The number of ether oxygens (including phenoxy) is 2. The summed E-state index contributed by atoms with van der Waals surface area (Å²) in [6, 6.07) is 11.2. The quantitative estimate of drug-likeness (QED) is 0.573. The fourth-order valence-electron chi connectivity index (χ4n) is 3.22. The fraction of sp³-hybridized carbons (Fsp3) is 0.211. The van der Waals surface area contributed by atoms with Crippen LogP contribution in [0.4, 0.5) is 0 Å². The predicted octanol–water partition coefficient (Wildman–Crippen LogP) is 3.94. The van der Waals surface area contributed by atoms with Gasteiger partial charge in [0.15, 0.2) is 0 Å². The number of pyridine rings is 1. The van der Waals surface area contributed by atoms with Crippen molar-refractivity contribution in [2.45, 2.75) is 13.5 Å². The number of aryl methyl sites for hydroxylation is 1. The maximum atomic E-state index is 13.1. The first-order chi connectivity index (χ1) is 11.7. The Balaban J connectivity index is 2.25. The van der Waals surface area contributed by atoms with E-state index < -0.39 is 0 Å². The molecule has 2 aromatic heterocycles. The Morgan fingerprint density at radius 3 is 2.42 bits per heavy atom. The van der Waals surface area contributed by atoms with Gasteiger partial charge < -0.3 is 18.5 Å². The zero-order valence-electron chi connectivity index (χ0n) is 13.8. The first kappa shape index (κ1) is 14.6. The van der Waals surface area contributed by atoms with Crippen LogP contribution in [0.25, 0.3) is 32.8 Å². The van der Waals surface area contributed by atoms with E-state index in [0.29, 0.717) is 34.6 Å². The Kier molecular flexibility index (Phi) is 3.23. The maximum absolute atomic E-state index is 13.1. The number of furan rings is 1. The maximum Gasteiger partial charge on any atom is 0.262 e. The van der Waals surface area contributed by atoms with Crippen LogP contribution in [-0.2, 0) is 6.54 Å². The number of methoxy groups -OCH3 is 2. The SMILES string of the molecule is CCn1c(=O)c2c3cc(OC)ccc3oc2c2ccc(OC)cc21. The third-order valence-electron chi connectivity index (χ3n) is 4.41. The fourth-order valence-corrected chi connectivity index (χ4v) is 3.22. The van der Waals surface area contributed by atoms with E-state index in [9.17, 15) is 4.79 Å². The van der Waals surface area contributed by atoms with Gasteiger partial charge in [0, 0.05) is 23.4 Å². The lowest BCUT2D eigenvalue weighted by atomic mass is 10.1. The van der Waals surface area contributed by atoms with Crippen LogP contribution in [0.3, 0.4) is 0 Å². The van der Waals surface area contributed by atoms with Gasteiger partial charge in [0.25, 0.3) is 5.56 Å². The van der Waals surface area contributed by atoms with Crippen molar-refractivity contribution in [3.05, 3.63) is 46.8 Å². The molecule has 0 N–H and O–H groups in total. The minimum Gasteiger partial charge on any atom is -0.497 e. The zero-order valence-corrected chi connectivity index (χ0v) is 13.8. The van der Waals surface area contributed by atoms with Crippen LogP contribution >= 0.6 is 0 Å². The molecule has 0 aliphatic carbocycles. The molecule has 2 aromatic carbocycles. The van der Waals surface area contributed by atoms with E-state index in [1.807, 2.05) is 43.3 Å². The third-order valence-corrected chi connectivity index (χ3v) is 4.41. The number of nitrogens with zero attached hydrogens (tertiary/aromatic N) is 1. The van der Waals surface area contributed by atoms with Crippen molar-refractivity contribution >= 4 is 32.8 Å². The second kappa shape index (κ2) is 5.30. The third kappa shape index (κ3) is 1.91. The molecule has 0 aliphatic heterocycles. The molecule has 0 spiro atoms. The van der Waals surface area contributed by atoms with Crippen LogP contribution in [0.5, 0.6) is 11.5 Å². The lowest BCUT2D eigenvalue weighted by Gasteiger charge is -2.10. The Labute approximate surface area is 138 Å². The number of aromatic nitrogens is 1. The summed E-state index contributed by atoms with van der Waals surface area (Å²) in [6.07, 6.45) is 0. The monoisotopic (exact) mass is 323 g/mol. The van der Waals surface area contributed by atoms with Crippen molar-refractivity contribution in [3.63, 3.8) is 0 Å². The van der Waals surface area contributed by atoms with E-state index in [-0.39, 0.29) is 5.56 Å². The van der Waals surface area contributed by atoms with Gasteiger partial charge in [-0.05, 0) is 37.3 Å². The van der Waals surface area contributed by atoms with Crippen LogP contribution in [0, 0.1) is 0 Å². The molecule has 0 aliphatic rings. The van der Waals surface area contributed by atoms with Gasteiger partial charge in [0.2, 0.25) is 0 Å². The van der Waals surface area contributed by atoms with Gasteiger partial charge in [-0.15, -0.1) is 0 Å². The Morgan fingerprint density at radius 1 is 1.00 bits per heavy atom. The van der Waals surface area contributed by atoms with Crippen LogP contribution in [0.2, 0.25) is 0 Å². The van der Waals surface area contributed by atoms with Crippen molar-refractivity contribution in [1.29, 1.82) is 0 Å². The minimum absolute atomic E-state index is 0.0692. The Bertz CT molecular complexity index is 1140. The number of hydrogen-bond donors (Lipinski definition) is 0. The number of fused-ring (bicyclic) bond motifs is 5. The zero-order chi connectivity index (χ0) is 16.8. The largest absolute Gasteiger partial charge is 0.497 e. The normalized spacial score (nSPS) is 11.5. The highest BCUT2D eigenvalue weighted by molar-refractivity contribution is 6.14. The summed E-state index contributed by atoms with van der Waals surface area (Å²) in [6.45, 7) is 2.52. The van der Waals surface area contributed by atoms with E-state index in [0.717, 1.165) is 16.3 Å². The summed E-state index contributed by atoms with van der Waals surface area (Å²) in [7, 11) is 3.22. The summed E-state index contributed by atoms with van der Waals surface area (Å²) in [5, 5.41) is 2.25. The van der Waals surface area contributed by atoms with Crippen molar-refractivity contribution in [3.8, 4) is 11.5 Å². The van der Waals surface area contributed by atoms with Crippen LogP contribution in [0.15, 0.2) is 45.6 Å².